The number of anilines is 3. The highest BCUT2D eigenvalue weighted by Gasteiger charge is 2.52. The van der Waals surface area contributed by atoms with Crippen molar-refractivity contribution in [3.63, 3.8) is 0 Å². The first-order chi connectivity index (χ1) is 31.3. The number of allylic oxidation sites excluding steroid dienone is 4. The van der Waals surface area contributed by atoms with Crippen LogP contribution in [0.25, 0.3) is 66.4 Å². The van der Waals surface area contributed by atoms with Crippen LogP contribution in [-0.2, 0) is 5.41 Å². The van der Waals surface area contributed by atoms with Crippen LogP contribution in [0.1, 0.15) is 35.1 Å². The molecule has 0 amide bonds. The maximum Gasteiger partial charge on any atom is 0.0688 e. The fourth-order valence-corrected chi connectivity index (χ4v) is 11.2. The second-order valence-corrected chi connectivity index (χ2v) is 17.1. The molecule has 10 aromatic rings. The molecule has 63 heavy (non-hydrogen) atoms. The lowest BCUT2D eigenvalue weighted by Crippen LogP contribution is -2.27. The number of hydrogen-bond donors (Lipinski definition) is 0. The normalized spacial score (nSPS) is 14.2. The van der Waals surface area contributed by atoms with Gasteiger partial charge in [0.1, 0.15) is 0 Å². The topological polar surface area (TPSA) is 8.17 Å². The molecule has 0 N–H and O–H groups in total. The molecule has 0 unspecified atom stereocenters. The Balaban J connectivity index is 0.964. The third-order valence-electron chi connectivity index (χ3n) is 13.9. The summed E-state index contributed by atoms with van der Waals surface area (Å²) in [7, 11) is 0. The smallest absolute Gasteiger partial charge is 0.0688 e. The first-order valence-electron chi connectivity index (χ1n) is 22.1. The van der Waals surface area contributed by atoms with Gasteiger partial charge in [0.2, 0.25) is 0 Å². The lowest BCUT2D eigenvalue weighted by Gasteiger charge is -2.33. The maximum atomic E-state index is 2.56. The van der Waals surface area contributed by atoms with Gasteiger partial charge in [-0.2, -0.15) is 0 Å². The first-order valence-corrected chi connectivity index (χ1v) is 22.1. The molecule has 0 fully saturated rings. The van der Waals surface area contributed by atoms with Gasteiger partial charge in [0, 0.05) is 33.5 Å². The molecule has 1 spiro atoms. The van der Waals surface area contributed by atoms with Gasteiger partial charge in [0.25, 0.3) is 0 Å². The maximum absolute atomic E-state index is 2.56. The predicted molar refractivity (Wildman–Crippen MR) is 263 cm³/mol. The second-order valence-electron chi connectivity index (χ2n) is 17.1. The van der Waals surface area contributed by atoms with Crippen molar-refractivity contribution in [1.29, 1.82) is 0 Å². The van der Waals surface area contributed by atoms with Crippen molar-refractivity contribution in [2.75, 3.05) is 4.90 Å². The lowest BCUT2D eigenvalue weighted by atomic mass is 9.68. The van der Waals surface area contributed by atoms with Gasteiger partial charge in [0.15, 0.2) is 0 Å². The van der Waals surface area contributed by atoms with E-state index in [0.717, 1.165) is 35.6 Å². The van der Waals surface area contributed by atoms with Gasteiger partial charge in [-0.25, -0.2) is 0 Å². The van der Waals surface area contributed by atoms with Gasteiger partial charge in [-0.3, -0.25) is 0 Å². The SMILES string of the molecule is C1=CC2=C(CC1)C1(c3cc4c5ccccc5n(-c5ccc(N(c6ccc(-c7ccccc7)cc6)c6ccc(-c7ccccc7)cc6)cc5)c4cc32)c2ccccc2-c2ccccc21. The fourth-order valence-electron chi connectivity index (χ4n) is 11.2. The van der Waals surface area contributed by atoms with E-state index in [2.05, 4.69) is 240 Å². The van der Waals surface area contributed by atoms with Crippen LogP contribution in [0.15, 0.2) is 236 Å². The summed E-state index contributed by atoms with van der Waals surface area (Å²) in [6, 6.07) is 80.6. The molecule has 1 heterocycles. The van der Waals surface area contributed by atoms with Gasteiger partial charge >= 0.3 is 0 Å². The molecule has 1 aromatic heterocycles. The molecule has 0 atom stereocenters. The van der Waals surface area contributed by atoms with Gasteiger partial charge in [-0.1, -0.05) is 164 Å². The number of fused-ring (bicyclic) bond motifs is 12. The third kappa shape index (κ3) is 5.31. The van der Waals surface area contributed by atoms with Crippen LogP contribution >= 0.6 is 0 Å². The van der Waals surface area contributed by atoms with Crippen molar-refractivity contribution < 1.29 is 0 Å². The zero-order chi connectivity index (χ0) is 41.5. The molecule has 0 aliphatic heterocycles. The quantitative estimate of drug-likeness (QED) is 0.163. The van der Waals surface area contributed by atoms with Crippen molar-refractivity contribution in [2.45, 2.75) is 18.3 Å². The molecular formula is C61H42N2. The summed E-state index contributed by atoms with van der Waals surface area (Å²) in [6.45, 7) is 0. The average Bonchev–Trinajstić information content (AvgIpc) is 3.96. The molecule has 9 aromatic carbocycles. The average molecular weight is 803 g/mol. The summed E-state index contributed by atoms with van der Waals surface area (Å²) < 4.78 is 2.48. The highest BCUT2D eigenvalue weighted by atomic mass is 15.1. The number of rotatable bonds is 6. The number of benzene rings is 9. The minimum atomic E-state index is -0.302. The van der Waals surface area contributed by atoms with Crippen LogP contribution in [0.2, 0.25) is 0 Å². The van der Waals surface area contributed by atoms with E-state index in [9.17, 15) is 0 Å². The minimum Gasteiger partial charge on any atom is -0.311 e. The van der Waals surface area contributed by atoms with Gasteiger partial charge in [-0.15, -0.1) is 0 Å². The van der Waals surface area contributed by atoms with Gasteiger partial charge < -0.3 is 9.47 Å². The van der Waals surface area contributed by atoms with Gasteiger partial charge in [0.05, 0.1) is 16.4 Å². The van der Waals surface area contributed by atoms with Crippen LogP contribution in [0, 0.1) is 0 Å². The molecular weight excluding hydrogens is 761 g/mol. The number of aromatic nitrogens is 1. The minimum absolute atomic E-state index is 0.302. The van der Waals surface area contributed by atoms with E-state index < -0.39 is 0 Å². The van der Waals surface area contributed by atoms with Crippen molar-refractivity contribution >= 4 is 44.4 Å². The largest absolute Gasteiger partial charge is 0.311 e. The van der Waals surface area contributed by atoms with Crippen molar-refractivity contribution in [2.24, 2.45) is 0 Å². The molecule has 13 rings (SSSR count). The van der Waals surface area contributed by atoms with E-state index in [1.54, 1.807) is 5.57 Å². The van der Waals surface area contributed by atoms with E-state index in [1.807, 2.05) is 0 Å². The van der Waals surface area contributed by atoms with Crippen molar-refractivity contribution in [3.05, 3.63) is 258 Å². The van der Waals surface area contributed by atoms with Gasteiger partial charge in [-0.05, 0) is 146 Å². The predicted octanol–water partition coefficient (Wildman–Crippen LogP) is 16.0. The van der Waals surface area contributed by atoms with Crippen LogP contribution in [0.3, 0.4) is 0 Å². The summed E-state index contributed by atoms with van der Waals surface area (Å²) in [5.74, 6) is 0. The molecule has 296 valence electrons. The molecule has 3 aliphatic carbocycles. The summed E-state index contributed by atoms with van der Waals surface area (Å²) in [4.78, 5) is 2.37. The number of nitrogens with zero attached hydrogens (tertiary/aromatic N) is 2. The Morgan fingerprint density at radius 3 is 1.51 bits per heavy atom. The van der Waals surface area contributed by atoms with E-state index in [0.29, 0.717) is 0 Å². The molecule has 0 bridgehead atoms. The summed E-state index contributed by atoms with van der Waals surface area (Å²) in [6.07, 6.45) is 6.90. The van der Waals surface area contributed by atoms with Crippen LogP contribution in [0.5, 0.6) is 0 Å². The van der Waals surface area contributed by atoms with Crippen LogP contribution in [0.4, 0.5) is 17.1 Å². The standard InChI is InChI=1S/C61H42N2/c1-3-15-41(16-4-1)43-27-31-45(32-28-43)62(46-33-29-44(30-34-46)42-17-5-2-6-18-42)47-35-37-48(38-36-47)63-59-26-14-10-22-52(59)54-39-58-53(40-60(54)63)51-21-9-13-25-57(51)61(58)55-23-11-7-19-49(55)50-20-8-12-24-56(50)61/h1-12,14-24,26-40H,13,25H2. The molecule has 2 heteroatoms. The van der Waals surface area contributed by atoms with Crippen LogP contribution < -0.4 is 4.90 Å². The Labute approximate surface area is 368 Å². The summed E-state index contributed by atoms with van der Waals surface area (Å²) in [5.41, 5.74) is 22.7. The Kier molecular flexibility index (Phi) is 7.98. The Morgan fingerprint density at radius 1 is 0.397 bits per heavy atom. The second kappa shape index (κ2) is 14.1. The first kappa shape index (κ1) is 35.8. The molecule has 3 aliphatic rings. The fraction of sp³-hybridized carbons (Fsp3) is 0.0492. The molecule has 0 radical (unpaired) electrons. The molecule has 0 saturated heterocycles. The lowest BCUT2D eigenvalue weighted by molar-refractivity contribution is 0.715. The van der Waals surface area contributed by atoms with E-state index >= 15 is 0 Å². The van der Waals surface area contributed by atoms with E-state index in [4.69, 9.17) is 0 Å². The third-order valence-corrected chi connectivity index (χ3v) is 13.9. The highest BCUT2D eigenvalue weighted by Crippen LogP contribution is 2.64. The zero-order valence-electron chi connectivity index (χ0n) is 34.7. The van der Waals surface area contributed by atoms with Crippen molar-refractivity contribution in [3.8, 4) is 39.1 Å². The molecule has 2 nitrogen and oxygen atoms in total. The number of hydrogen-bond acceptors (Lipinski definition) is 1. The van der Waals surface area contributed by atoms with E-state index in [-0.39, 0.29) is 5.41 Å². The van der Waals surface area contributed by atoms with Crippen molar-refractivity contribution in [1.82, 2.24) is 4.57 Å². The zero-order valence-corrected chi connectivity index (χ0v) is 34.7. The Morgan fingerprint density at radius 2 is 0.905 bits per heavy atom. The monoisotopic (exact) mass is 802 g/mol. The Hall–Kier alpha value is -7.94. The molecule has 0 saturated carbocycles. The van der Waals surface area contributed by atoms with Crippen LogP contribution in [-0.4, -0.2) is 4.57 Å². The van der Waals surface area contributed by atoms with E-state index in [1.165, 1.54) is 83.0 Å². The highest BCUT2D eigenvalue weighted by molar-refractivity contribution is 6.12. The number of para-hydroxylation sites is 1. The summed E-state index contributed by atoms with van der Waals surface area (Å²) in [5, 5.41) is 2.56. The summed E-state index contributed by atoms with van der Waals surface area (Å²) >= 11 is 0. The Bertz CT molecular complexity index is 3330.